The zero-order valence-corrected chi connectivity index (χ0v) is 16.9. The van der Waals surface area contributed by atoms with E-state index in [-0.39, 0.29) is 9.70 Å². The molecule has 0 radical (unpaired) electrons. The number of fused-ring (bicyclic) bond motifs is 1. The van der Waals surface area contributed by atoms with Crippen LogP contribution in [0.1, 0.15) is 10.4 Å². The Hall–Kier alpha value is -2.91. The molecule has 2 aromatic carbocycles. The van der Waals surface area contributed by atoms with Gasteiger partial charge in [-0.05, 0) is 42.5 Å². The van der Waals surface area contributed by atoms with Gasteiger partial charge in [0.2, 0.25) is 4.80 Å². The van der Waals surface area contributed by atoms with Gasteiger partial charge in [0, 0.05) is 6.54 Å². The zero-order chi connectivity index (χ0) is 20.3. The van der Waals surface area contributed by atoms with Crippen LogP contribution in [0.2, 0.25) is 0 Å². The summed E-state index contributed by atoms with van der Waals surface area (Å²) in [5, 5.41) is 0. The summed E-state index contributed by atoms with van der Waals surface area (Å²) < 4.78 is 41.7. The molecular weight excluding hydrogens is 400 g/mol. The second-order valence-electron chi connectivity index (χ2n) is 5.70. The summed E-state index contributed by atoms with van der Waals surface area (Å²) in [4.78, 5) is 12.1. The Bertz CT molecular complexity index is 1210. The summed E-state index contributed by atoms with van der Waals surface area (Å²) in [5.41, 5.74) is 1.13. The molecule has 1 aromatic heterocycles. The number of rotatable bonds is 6. The minimum absolute atomic E-state index is 0.0613. The van der Waals surface area contributed by atoms with Gasteiger partial charge in [-0.3, -0.25) is 0 Å². The maximum Gasteiger partial charge on any atom is 0.337 e. The average molecular weight is 418 g/mol. The topological polar surface area (TPSA) is 87.0 Å². The minimum Gasteiger partial charge on any atom is -0.497 e. The fourth-order valence-electron chi connectivity index (χ4n) is 2.60. The van der Waals surface area contributed by atoms with E-state index in [0.717, 1.165) is 5.52 Å². The van der Waals surface area contributed by atoms with Crippen molar-refractivity contribution in [1.82, 2.24) is 4.57 Å². The smallest absolute Gasteiger partial charge is 0.337 e. The van der Waals surface area contributed by atoms with Gasteiger partial charge in [0.1, 0.15) is 5.75 Å². The number of nitrogens with zero attached hydrogens (tertiary/aromatic N) is 2. The molecule has 0 amide bonds. The van der Waals surface area contributed by atoms with Crippen molar-refractivity contribution >= 4 is 37.5 Å². The van der Waals surface area contributed by atoms with Gasteiger partial charge in [0.05, 0.1) is 34.9 Å². The Balaban J connectivity index is 2.17. The Morgan fingerprint density at radius 1 is 1.21 bits per heavy atom. The average Bonchev–Trinajstić information content (AvgIpc) is 3.03. The number of allylic oxidation sites excluding steroid dienone is 1. The van der Waals surface area contributed by atoms with E-state index >= 15 is 0 Å². The Labute approximate surface area is 166 Å². The SMILES string of the molecule is C=CCn1c(=NS(=O)(=O)c2ccc(OC)cc2)sc2cc(C(=O)OC)ccc21. The van der Waals surface area contributed by atoms with Crippen LogP contribution in [-0.4, -0.2) is 33.2 Å². The molecule has 0 aliphatic heterocycles. The van der Waals surface area contributed by atoms with E-state index in [1.54, 1.807) is 41.0 Å². The van der Waals surface area contributed by atoms with Crippen LogP contribution in [0.15, 0.2) is 64.4 Å². The standard InChI is InChI=1S/C19H18N2O5S2/c1-4-11-21-16-10-5-13(18(22)26-3)12-17(16)27-19(21)20-28(23,24)15-8-6-14(25-2)7-9-15/h4-10,12H,1,11H2,2-3H3. The number of hydrogen-bond donors (Lipinski definition) is 0. The number of hydrogen-bond acceptors (Lipinski definition) is 6. The van der Waals surface area contributed by atoms with Gasteiger partial charge in [-0.2, -0.15) is 8.42 Å². The third-order valence-electron chi connectivity index (χ3n) is 3.97. The molecular formula is C19H18N2O5S2. The van der Waals surface area contributed by atoms with Gasteiger partial charge in [-0.15, -0.1) is 11.0 Å². The van der Waals surface area contributed by atoms with Crippen molar-refractivity contribution in [3.8, 4) is 5.75 Å². The quantitative estimate of drug-likeness (QED) is 0.454. The van der Waals surface area contributed by atoms with Gasteiger partial charge < -0.3 is 14.0 Å². The molecule has 3 aromatic rings. The monoisotopic (exact) mass is 418 g/mol. The molecule has 0 bridgehead atoms. The number of aromatic nitrogens is 1. The van der Waals surface area contributed by atoms with Crippen molar-refractivity contribution in [3.63, 3.8) is 0 Å². The van der Waals surface area contributed by atoms with Crippen molar-refractivity contribution in [2.24, 2.45) is 4.40 Å². The van der Waals surface area contributed by atoms with Gasteiger partial charge in [-0.25, -0.2) is 4.79 Å². The lowest BCUT2D eigenvalue weighted by Crippen LogP contribution is -2.16. The van der Waals surface area contributed by atoms with E-state index < -0.39 is 16.0 Å². The first-order chi connectivity index (χ1) is 13.4. The first-order valence-corrected chi connectivity index (χ1v) is 10.4. The second kappa shape index (κ2) is 7.99. The predicted octanol–water partition coefficient (Wildman–Crippen LogP) is 2.97. The minimum atomic E-state index is -3.92. The fourth-order valence-corrected chi connectivity index (χ4v) is 4.88. The van der Waals surface area contributed by atoms with Crippen LogP contribution in [-0.2, 0) is 21.3 Å². The highest BCUT2D eigenvalue weighted by atomic mass is 32.2. The summed E-state index contributed by atoms with van der Waals surface area (Å²) in [6.45, 7) is 4.09. The molecule has 9 heteroatoms. The molecule has 0 spiro atoms. The first kappa shape index (κ1) is 19.8. The zero-order valence-electron chi connectivity index (χ0n) is 15.3. The number of methoxy groups -OCH3 is 2. The number of benzene rings is 2. The van der Waals surface area contributed by atoms with Crippen molar-refractivity contribution < 1.29 is 22.7 Å². The number of esters is 1. The highest BCUT2D eigenvalue weighted by Crippen LogP contribution is 2.21. The highest BCUT2D eigenvalue weighted by Gasteiger charge is 2.16. The van der Waals surface area contributed by atoms with Crippen LogP contribution in [0.5, 0.6) is 5.75 Å². The summed E-state index contributed by atoms with van der Waals surface area (Å²) in [5.74, 6) is 0.0905. The molecule has 146 valence electrons. The molecule has 0 saturated carbocycles. The maximum absolute atomic E-state index is 12.7. The summed E-state index contributed by atoms with van der Waals surface area (Å²) in [6.07, 6.45) is 1.65. The molecule has 0 aliphatic carbocycles. The largest absolute Gasteiger partial charge is 0.497 e. The van der Waals surface area contributed by atoms with Gasteiger partial charge >= 0.3 is 5.97 Å². The van der Waals surface area contributed by atoms with E-state index in [1.165, 1.54) is 37.7 Å². The van der Waals surface area contributed by atoms with Crippen LogP contribution in [0, 0.1) is 0 Å². The molecule has 28 heavy (non-hydrogen) atoms. The molecule has 0 atom stereocenters. The number of sulfonamides is 1. The molecule has 0 saturated heterocycles. The third kappa shape index (κ3) is 3.85. The van der Waals surface area contributed by atoms with Crippen LogP contribution in [0.25, 0.3) is 10.2 Å². The van der Waals surface area contributed by atoms with Crippen molar-refractivity contribution in [2.75, 3.05) is 14.2 Å². The molecule has 0 N–H and O–H groups in total. The van der Waals surface area contributed by atoms with Crippen LogP contribution in [0.4, 0.5) is 0 Å². The number of thiazole rings is 1. The highest BCUT2D eigenvalue weighted by molar-refractivity contribution is 7.90. The van der Waals surface area contributed by atoms with Crippen molar-refractivity contribution in [2.45, 2.75) is 11.4 Å². The normalized spacial score (nSPS) is 12.1. The summed E-state index contributed by atoms with van der Waals surface area (Å²) in [7, 11) is -1.11. The van der Waals surface area contributed by atoms with Crippen LogP contribution >= 0.6 is 11.3 Å². The summed E-state index contributed by atoms with van der Waals surface area (Å²) in [6, 6.07) is 11.0. The number of carbonyl (C=O) groups is 1. The van der Waals surface area contributed by atoms with Crippen LogP contribution < -0.4 is 9.54 Å². The Kier molecular flexibility index (Phi) is 5.66. The number of ether oxygens (including phenoxy) is 2. The second-order valence-corrected chi connectivity index (χ2v) is 8.31. The molecule has 3 rings (SSSR count). The van der Waals surface area contributed by atoms with Gasteiger partial charge in [0.25, 0.3) is 10.0 Å². The molecule has 7 nitrogen and oxygen atoms in total. The molecule has 0 fully saturated rings. The van der Waals surface area contributed by atoms with E-state index in [4.69, 9.17) is 9.47 Å². The maximum atomic E-state index is 12.7. The summed E-state index contributed by atoms with van der Waals surface area (Å²) >= 11 is 1.17. The fraction of sp³-hybridized carbons (Fsp3) is 0.158. The Morgan fingerprint density at radius 2 is 1.93 bits per heavy atom. The molecule has 0 unspecified atom stereocenters. The van der Waals surface area contributed by atoms with Crippen molar-refractivity contribution in [1.29, 1.82) is 0 Å². The molecule has 0 aliphatic rings. The lowest BCUT2D eigenvalue weighted by molar-refractivity contribution is 0.0601. The third-order valence-corrected chi connectivity index (χ3v) is 6.41. The lowest BCUT2D eigenvalue weighted by Gasteiger charge is -2.03. The van der Waals surface area contributed by atoms with Gasteiger partial charge in [-0.1, -0.05) is 17.4 Å². The van der Waals surface area contributed by atoms with E-state index in [9.17, 15) is 13.2 Å². The van der Waals surface area contributed by atoms with E-state index in [0.29, 0.717) is 22.6 Å². The lowest BCUT2D eigenvalue weighted by atomic mass is 10.2. The Morgan fingerprint density at radius 3 is 2.54 bits per heavy atom. The molecule has 1 heterocycles. The first-order valence-electron chi connectivity index (χ1n) is 8.17. The predicted molar refractivity (Wildman–Crippen MR) is 107 cm³/mol. The van der Waals surface area contributed by atoms with Gasteiger partial charge in [0.15, 0.2) is 0 Å². The van der Waals surface area contributed by atoms with Crippen molar-refractivity contribution in [3.05, 3.63) is 65.5 Å². The van der Waals surface area contributed by atoms with E-state index in [1.807, 2.05) is 0 Å². The number of carbonyl (C=O) groups excluding carboxylic acids is 1. The van der Waals surface area contributed by atoms with Crippen LogP contribution in [0.3, 0.4) is 0 Å². The van der Waals surface area contributed by atoms with E-state index in [2.05, 4.69) is 11.0 Å².